The molecule has 83 valence electrons. The minimum Gasteiger partial charge on any atom is -0.343 e. The number of unbranched alkanes of at least 4 members (excludes halogenated alkanes) is 4. The topological polar surface area (TPSA) is 20.3 Å². The molecule has 0 aliphatic rings. The highest BCUT2D eigenvalue weighted by Crippen LogP contribution is 2.02. The minimum atomic E-state index is -0.0165. The second-order valence-corrected chi connectivity index (χ2v) is 3.80. The highest BCUT2D eigenvalue weighted by molar-refractivity contribution is 5.80. The first-order valence-corrected chi connectivity index (χ1v) is 5.83. The fourth-order valence-corrected chi connectivity index (χ4v) is 1.47. The first kappa shape index (κ1) is 13.5. The van der Waals surface area contributed by atoms with Crippen molar-refractivity contribution in [2.24, 2.45) is 0 Å². The van der Waals surface area contributed by atoms with E-state index in [1.807, 2.05) is 4.90 Å². The van der Waals surface area contributed by atoms with Gasteiger partial charge in [-0.2, -0.15) is 0 Å². The second-order valence-electron chi connectivity index (χ2n) is 3.80. The van der Waals surface area contributed by atoms with Crippen LogP contribution in [0.5, 0.6) is 0 Å². The zero-order chi connectivity index (χ0) is 10.8. The molecule has 0 saturated carbocycles. The molecule has 0 N–H and O–H groups in total. The smallest absolute Gasteiger partial charge is 0.223 e. The van der Waals surface area contributed by atoms with Crippen LogP contribution in [0.2, 0.25) is 0 Å². The molecule has 0 aromatic carbocycles. The average Bonchev–Trinajstić information content (AvgIpc) is 2.15. The van der Waals surface area contributed by atoms with Crippen LogP contribution in [0.4, 0.5) is 0 Å². The van der Waals surface area contributed by atoms with Crippen molar-refractivity contribution in [3.63, 3.8) is 0 Å². The molecule has 0 aliphatic heterocycles. The lowest BCUT2D eigenvalue weighted by molar-refractivity contribution is -0.126. The molecule has 0 fully saturated rings. The molecule has 0 bridgehead atoms. The van der Waals surface area contributed by atoms with Gasteiger partial charge in [0.05, 0.1) is 0 Å². The summed E-state index contributed by atoms with van der Waals surface area (Å²) in [7, 11) is 0. The highest BCUT2D eigenvalue weighted by Gasteiger charge is 2.06. The molecule has 1 amide bonds. The monoisotopic (exact) mass is 198 g/mol. The van der Waals surface area contributed by atoms with Gasteiger partial charge in [0.1, 0.15) is 0 Å². The van der Waals surface area contributed by atoms with E-state index < -0.39 is 0 Å². The molecule has 0 spiro atoms. The van der Waals surface area contributed by atoms with Crippen molar-refractivity contribution in [3.8, 4) is 0 Å². The van der Waals surface area contributed by atoms with E-state index in [1.165, 1.54) is 25.7 Å². The van der Waals surface area contributed by atoms with Crippen molar-refractivity contribution in [1.82, 2.24) is 4.90 Å². The summed E-state index contributed by atoms with van der Waals surface area (Å²) in [5.41, 5.74) is 0. The lowest BCUT2D eigenvalue weighted by Crippen LogP contribution is -2.30. The standard InChI is InChI=1S/C12H24NO/c1-4-6-8-10-13(12(3)14)11-9-7-5-2/h3-11H2,1-2H3. The molecule has 0 saturated heterocycles. The third kappa shape index (κ3) is 6.93. The fraction of sp³-hybridized carbons (Fsp3) is 0.833. The van der Waals surface area contributed by atoms with E-state index in [0.29, 0.717) is 0 Å². The van der Waals surface area contributed by atoms with Crippen LogP contribution in [0, 0.1) is 6.92 Å². The predicted molar refractivity (Wildman–Crippen MR) is 61.0 cm³/mol. The quantitative estimate of drug-likeness (QED) is 0.549. The number of hydrogen-bond acceptors (Lipinski definition) is 1. The molecule has 0 rings (SSSR count). The summed E-state index contributed by atoms with van der Waals surface area (Å²) in [6.45, 7) is 9.61. The first-order valence-electron chi connectivity index (χ1n) is 5.83. The summed E-state index contributed by atoms with van der Waals surface area (Å²) in [6, 6.07) is 0. The molecule has 1 radical (unpaired) electrons. The Bertz CT molecular complexity index is 135. The molecule has 0 heterocycles. The minimum absolute atomic E-state index is 0.0165. The Hall–Kier alpha value is -0.530. The molecule has 0 atom stereocenters. The third-order valence-corrected chi connectivity index (χ3v) is 2.42. The van der Waals surface area contributed by atoms with E-state index in [-0.39, 0.29) is 5.91 Å². The Morgan fingerprint density at radius 1 is 1.00 bits per heavy atom. The van der Waals surface area contributed by atoms with Crippen molar-refractivity contribution in [2.45, 2.75) is 52.4 Å². The summed E-state index contributed by atoms with van der Waals surface area (Å²) in [6.07, 6.45) is 7.05. The zero-order valence-corrected chi connectivity index (χ0v) is 9.72. The number of amides is 1. The molecule has 2 heteroatoms. The Morgan fingerprint density at radius 2 is 1.43 bits per heavy atom. The van der Waals surface area contributed by atoms with Crippen molar-refractivity contribution in [3.05, 3.63) is 6.92 Å². The van der Waals surface area contributed by atoms with Crippen LogP contribution in [0.25, 0.3) is 0 Å². The molecule has 0 aromatic rings. The second kappa shape index (κ2) is 9.04. The predicted octanol–water partition coefficient (Wildman–Crippen LogP) is 3.03. The summed E-state index contributed by atoms with van der Waals surface area (Å²) in [4.78, 5) is 13.0. The van der Waals surface area contributed by atoms with E-state index in [0.717, 1.165) is 25.9 Å². The fourth-order valence-electron chi connectivity index (χ4n) is 1.47. The van der Waals surface area contributed by atoms with Crippen LogP contribution in [0.3, 0.4) is 0 Å². The first-order chi connectivity index (χ1) is 6.72. The van der Waals surface area contributed by atoms with Crippen molar-refractivity contribution < 1.29 is 4.79 Å². The van der Waals surface area contributed by atoms with E-state index >= 15 is 0 Å². The summed E-state index contributed by atoms with van der Waals surface area (Å²) in [5.74, 6) is -0.0165. The molecule has 14 heavy (non-hydrogen) atoms. The number of carbonyl (C=O) groups is 1. The molecular formula is C12H24NO. The summed E-state index contributed by atoms with van der Waals surface area (Å²) >= 11 is 0. The third-order valence-electron chi connectivity index (χ3n) is 2.42. The maximum absolute atomic E-state index is 11.1. The van der Waals surface area contributed by atoms with Crippen LogP contribution in [-0.4, -0.2) is 23.9 Å². The molecule has 2 nitrogen and oxygen atoms in total. The lowest BCUT2D eigenvalue weighted by Gasteiger charge is -2.20. The van der Waals surface area contributed by atoms with Gasteiger partial charge in [-0.1, -0.05) is 39.5 Å². The SMILES string of the molecule is [CH2]C(=O)N(CCCCC)CCCCC. The maximum Gasteiger partial charge on any atom is 0.223 e. The molecular weight excluding hydrogens is 174 g/mol. The number of carbonyl (C=O) groups excluding carboxylic acids is 1. The van der Waals surface area contributed by atoms with Gasteiger partial charge in [0.25, 0.3) is 0 Å². The Labute approximate surface area is 88.7 Å². The number of rotatable bonds is 8. The zero-order valence-electron chi connectivity index (χ0n) is 9.72. The van der Waals surface area contributed by atoms with E-state index in [2.05, 4.69) is 20.8 Å². The van der Waals surface area contributed by atoms with Gasteiger partial charge in [-0.05, 0) is 12.8 Å². The van der Waals surface area contributed by atoms with Crippen LogP contribution >= 0.6 is 0 Å². The Kier molecular flexibility index (Phi) is 8.70. The van der Waals surface area contributed by atoms with Gasteiger partial charge in [0.15, 0.2) is 0 Å². The molecule has 0 aliphatic carbocycles. The van der Waals surface area contributed by atoms with Gasteiger partial charge in [0, 0.05) is 20.0 Å². The number of nitrogens with zero attached hydrogens (tertiary/aromatic N) is 1. The number of hydrogen-bond donors (Lipinski definition) is 0. The Morgan fingerprint density at radius 3 is 1.71 bits per heavy atom. The van der Waals surface area contributed by atoms with Crippen LogP contribution in [-0.2, 0) is 4.79 Å². The van der Waals surface area contributed by atoms with E-state index in [9.17, 15) is 4.79 Å². The maximum atomic E-state index is 11.1. The van der Waals surface area contributed by atoms with Gasteiger partial charge in [-0.15, -0.1) is 0 Å². The normalized spacial score (nSPS) is 10.2. The Balaban J connectivity index is 3.61. The van der Waals surface area contributed by atoms with Crippen molar-refractivity contribution in [2.75, 3.05) is 13.1 Å². The van der Waals surface area contributed by atoms with Crippen LogP contribution < -0.4 is 0 Å². The van der Waals surface area contributed by atoms with Gasteiger partial charge in [-0.3, -0.25) is 4.79 Å². The van der Waals surface area contributed by atoms with E-state index in [1.54, 1.807) is 0 Å². The van der Waals surface area contributed by atoms with Gasteiger partial charge < -0.3 is 4.90 Å². The molecule has 0 aromatic heterocycles. The van der Waals surface area contributed by atoms with Gasteiger partial charge >= 0.3 is 0 Å². The lowest BCUT2D eigenvalue weighted by atomic mass is 10.2. The highest BCUT2D eigenvalue weighted by atomic mass is 16.2. The average molecular weight is 198 g/mol. The van der Waals surface area contributed by atoms with Gasteiger partial charge in [0.2, 0.25) is 5.91 Å². The van der Waals surface area contributed by atoms with Gasteiger partial charge in [-0.25, -0.2) is 0 Å². The largest absolute Gasteiger partial charge is 0.343 e. The van der Waals surface area contributed by atoms with Crippen molar-refractivity contribution >= 4 is 5.91 Å². The molecule has 0 unspecified atom stereocenters. The van der Waals surface area contributed by atoms with E-state index in [4.69, 9.17) is 0 Å². The van der Waals surface area contributed by atoms with Crippen LogP contribution in [0.1, 0.15) is 52.4 Å². The van der Waals surface area contributed by atoms with Crippen LogP contribution in [0.15, 0.2) is 0 Å². The summed E-state index contributed by atoms with van der Waals surface area (Å²) < 4.78 is 0. The summed E-state index contributed by atoms with van der Waals surface area (Å²) in [5, 5.41) is 0. The van der Waals surface area contributed by atoms with Crippen molar-refractivity contribution in [1.29, 1.82) is 0 Å².